The standard InChI is InChI=1S/C63H89N3O7/c1-57(2)56(73-57)47(69)31-58(3)19-14-40-34-65-52-43(28-37-26-41(38-12-10-9-11-13-38)29-42(27-37)39-17-24-72-25-18-39)35-66(53(40)52)36-45-50-51(58)46(68)32-61(50,6)60(5)20-16-48-59(4,22-23-64-8)49(70)33-63(21-15-44(67)30-63)62(48,7)55(60)54(45)71/h26-27,29,34-35,38-39,44-45,47-48,54-56,64-65,67,69,71H,9-25,28,30-33,36H2,1-8H3/t44-,45-,47+,48-,54+,55-,56+,58-,59-,60-,61-,62+,63+/m0/s1. The monoisotopic (exact) mass is 1000 g/mol. The van der Waals surface area contributed by atoms with E-state index in [0.717, 1.165) is 87.8 Å². The molecule has 12 rings (SSSR count). The summed E-state index contributed by atoms with van der Waals surface area (Å²) in [6.07, 6.45) is 18.6. The number of aromatic nitrogens is 2. The van der Waals surface area contributed by atoms with Crippen molar-refractivity contribution in [2.45, 2.75) is 219 Å². The Kier molecular flexibility index (Phi) is 12.3. The first-order valence-corrected chi connectivity index (χ1v) is 29.3. The lowest BCUT2D eigenvalue weighted by Crippen LogP contribution is -2.72. The third-order valence-electron chi connectivity index (χ3n) is 23.6. The van der Waals surface area contributed by atoms with Crippen molar-refractivity contribution in [3.8, 4) is 0 Å². The second kappa shape index (κ2) is 17.7. The van der Waals surface area contributed by atoms with Gasteiger partial charge in [0.15, 0.2) is 5.78 Å². The number of rotatable bonds is 10. The summed E-state index contributed by atoms with van der Waals surface area (Å²) in [6, 6.07) is 7.57. The highest BCUT2D eigenvalue weighted by atomic mass is 16.6. The Balaban J connectivity index is 1.02. The van der Waals surface area contributed by atoms with Gasteiger partial charge in [-0.05, 0) is 190 Å². The lowest BCUT2D eigenvalue weighted by Gasteiger charge is -2.74. The zero-order valence-corrected chi connectivity index (χ0v) is 45.8. The molecule has 398 valence electrons. The number of epoxide rings is 1. The minimum absolute atomic E-state index is 0.0109. The van der Waals surface area contributed by atoms with Crippen LogP contribution in [0.1, 0.15) is 197 Å². The molecule has 2 saturated heterocycles. The summed E-state index contributed by atoms with van der Waals surface area (Å²) in [4.78, 5) is 34.5. The number of aliphatic hydroxyl groups is 3. The van der Waals surface area contributed by atoms with Gasteiger partial charge in [0.05, 0.1) is 34.9 Å². The maximum absolute atomic E-state index is 15.7. The van der Waals surface area contributed by atoms with E-state index in [0.29, 0.717) is 62.7 Å². The van der Waals surface area contributed by atoms with E-state index < -0.39 is 62.3 Å². The summed E-state index contributed by atoms with van der Waals surface area (Å²) in [5.74, 6) is 0.975. The van der Waals surface area contributed by atoms with Crippen LogP contribution in [0.3, 0.4) is 0 Å². The zero-order chi connectivity index (χ0) is 51.3. The molecule has 0 unspecified atom stereocenters. The number of carbonyl (C=O) groups excluding carboxylic acids is 2. The van der Waals surface area contributed by atoms with E-state index in [-0.39, 0.29) is 23.7 Å². The molecular formula is C63H89N3O7. The molecule has 10 heteroatoms. The largest absolute Gasteiger partial charge is 0.393 e. The molecule has 5 saturated carbocycles. The fourth-order valence-corrected chi connectivity index (χ4v) is 19.6. The molecule has 9 aliphatic rings. The molecule has 73 heavy (non-hydrogen) atoms. The van der Waals surface area contributed by atoms with Gasteiger partial charge in [0.1, 0.15) is 11.9 Å². The van der Waals surface area contributed by atoms with Crippen LogP contribution in [0.4, 0.5) is 0 Å². The van der Waals surface area contributed by atoms with E-state index in [9.17, 15) is 20.1 Å². The molecule has 3 aromatic rings. The summed E-state index contributed by atoms with van der Waals surface area (Å²) >= 11 is 0. The van der Waals surface area contributed by atoms with Crippen LogP contribution in [0.2, 0.25) is 0 Å². The molecule has 0 radical (unpaired) electrons. The molecule has 7 fully saturated rings. The molecule has 5 N–H and O–H groups in total. The van der Waals surface area contributed by atoms with Gasteiger partial charge in [-0.2, -0.15) is 0 Å². The van der Waals surface area contributed by atoms with Crippen LogP contribution in [-0.4, -0.2) is 93.3 Å². The van der Waals surface area contributed by atoms with Crippen molar-refractivity contribution in [1.29, 1.82) is 0 Å². The van der Waals surface area contributed by atoms with Crippen LogP contribution in [0.15, 0.2) is 41.7 Å². The first-order chi connectivity index (χ1) is 34.7. The summed E-state index contributed by atoms with van der Waals surface area (Å²) in [5, 5.41) is 41.4. The fraction of sp³-hybridized carbons (Fsp3) is 0.746. The second-order valence-corrected chi connectivity index (χ2v) is 27.9. The average Bonchev–Trinajstić information content (AvgIpc) is 3.77. The highest BCUT2D eigenvalue weighted by molar-refractivity contribution is 6.02. The van der Waals surface area contributed by atoms with E-state index in [1.165, 1.54) is 65.4 Å². The molecule has 5 heterocycles. The maximum Gasteiger partial charge on any atom is 0.160 e. The molecule has 0 amide bonds. The Morgan fingerprint density at radius 2 is 1.59 bits per heavy atom. The van der Waals surface area contributed by atoms with Gasteiger partial charge in [0.2, 0.25) is 0 Å². The molecule has 1 aromatic carbocycles. The number of fused-ring (bicyclic) bond motifs is 5. The molecule has 0 bridgehead atoms. The first-order valence-electron chi connectivity index (χ1n) is 29.3. The molecule has 6 aliphatic carbocycles. The number of carbonyl (C=O) groups is 2. The third-order valence-corrected chi connectivity index (χ3v) is 23.6. The van der Waals surface area contributed by atoms with Gasteiger partial charge < -0.3 is 39.7 Å². The van der Waals surface area contributed by atoms with Gasteiger partial charge in [-0.1, -0.05) is 72.1 Å². The number of hydrogen-bond donors (Lipinski definition) is 5. The molecule has 2 aromatic heterocycles. The number of allylic oxidation sites excluding steroid dienone is 1. The predicted molar refractivity (Wildman–Crippen MR) is 285 cm³/mol. The number of nitrogens with one attached hydrogen (secondary N) is 2. The molecular weight excluding hydrogens is 911 g/mol. The minimum Gasteiger partial charge on any atom is -0.393 e. The molecule has 3 aliphatic heterocycles. The number of nitrogens with zero attached hydrogens (tertiary/aromatic N) is 1. The molecule has 1 spiro atoms. The van der Waals surface area contributed by atoms with Crippen molar-refractivity contribution >= 4 is 22.6 Å². The van der Waals surface area contributed by atoms with Crippen LogP contribution >= 0.6 is 0 Å². The van der Waals surface area contributed by atoms with Crippen molar-refractivity contribution in [3.05, 3.63) is 69.6 Å². The topological polar surface area (TPSA) is 149 Å². The van der Waals surface area contributed by atoms with E-state index in [1.54, 1.807) is 0 Å². The van der Waals surface area contributed by atoms with Crippen LogP contribution in [-0.2, 0) is 38.4 Å². The van der Waals surface area contributed by atoms with Crippen molar-refractivity contribution in [1.82, 2.24) is 14.9 Å². The lowest BCUT2D eigenvalue weighted by atomic mass is 9.30. The van der Waals surface area contributed by atoms with Crippen LogP contribution in [0.25, 0.3) is 11.0 Å². The van der Waals surface area contributed by atoms with Crippen LogP contribution in [0, 0.1) is 50.2 Å². The molecule has 13 atom stereocenters. The zero-order valence-electron chi connectivity index (χ0n) is 45.8. The van der Waals surface area contributed by atoms with Gasteiger partial charge in [0, 0.05) is 73.7 Å². The number of H-pyrrole nitrogens is 1. The highest BCUT2D eigenvalue weighted by Crippen LogP contribution is 2.80. The lowest BCUT2D eigenvalue weighted by molar-refractivity contribution is -0.262. The number of hydrogen-bond acceptors (Lipinski definition) is 8. The Hall–Kier alpha value is -3.12. The average molecular weight is 1000 g/mol. The van der Waals surface area contributed by atoms with Crippen molar-refractivity contribution in [3.63, 3.8) is 0 Å². The Labute approximate surface area is 435 Å². The quantitative estimate of drug-likeness (QED) is 0.126. The summed E-state index contributed by atoms with van der Waals surface area (Å²) < 4.78 is 14.5. The van der Waals surface area contributed by atoms with Crippen LogP contribution in [0.5, 0.6) is 0 Å². The minimum atomic E-state index is -0.824. The second-order valence-electron chi connectivity index (χ2n) is 27.9. The van der Waals surface area contributed by atoms with Crippen molar-refractivity contribution < 1.29 is 34.4 Å². The van der Waals surface area contributed by atoms with Gasteiger partial charge >= 0.3 is 0 Å². The fourth-order valence-electron chi connectivity index (χ4n) is 19.6. The Morgan fingerprint density at radius 1 is 0.877 bits per heavy atom. The van der Waals surface area contributed by atoms with E-state index in [1.807, 2.05) is 20.9 Å². The summed E-state index contributed by atoms with van der Waals surface area (Å²) in [6.45, 7) is 18.7. The number of aryl methyl sites for hydroxylation is 1. The predicted octanol–water partition coefficient (Wildman–Crippen LogP) is 10.8. The van der Waals surface area contributed by atoms with Gasteiger partial charge in [-0.25, -0.2) is 0 Å². The normalized spacial score (nSPS) is 41.0. The van der Waals surface area contributed by atoms with E-state index >= 15 is 4.79 Å². The number of aromatic amines is 1. The number of aliphatic hydroxyl groups excluding tert-OH is 3. The number of ether oxygens (including phenoxy) is 2. The maximum atomic E-state index is 15.7. The number of ketones is 2. The first kappa shape index (κ1) is 50.7. The molecule has 10 nitrogen and oxygen atoms in total. The van der Waals surface area contributed by atoms with Gasteiger partial charge in [-0.3, -0.25) is 9.59 Å². The number of benzene rings is 1. The third kappa shape index (κ3) is 7.56. The SMILES string of the molecule is CNCC[C@]1(C)C(=O)C[C@]2(CC[C@H](O)C2)[C@@]2(C)[C@H]3[C@H](O)[C@H]4Cn5cc(Cc6cc(C7CCCCC7)cc(C7CCOCC7)c6)c6[nH]cc(c65)CC[C@@](C)(C[C@@H](O)[C@H]5OC5(C)C)C5=C4[C@](C)(CC5=O)[C@@]3(C)CC[C@H]21. The summed E-state index contributed by atoms with van der Waals surface area (Å²) in [7, 11) is 1.97. The van der Waals surface area contributed by atoms with Crippen molar-refractivity contribution in [2.75, 3.05) is 26.8 Å². The van der Waals surface area contributed by atoms with Crippen molar-refractivity contribution in [2.24, 2.45) is 50.2 Å². The Bertz CT molecular complexity index is 2670. The smallest absolute Gasteiger partial charge is 0.160 e. The summed E-state index contributed by atoms with van der Waals surface area (Å²) in [5.41, 5.74) is 7.41. The highest BCUT2D eigenvalue weighted by Gasteiger charge is 2.77. The number of Topliss-reactive ketones (excluding diaryl/α,β-unsaturated/α-hetero) is 2. The van der Waals surface area contributed by atoms with Gasteiger partial charge in [-0.15, -0.1) is 0 Å². The van der Waals surface area contributed by atoms with E-state index in [2.05, 4.69) is 80.1 Å². The van der Waals surface area contributed by atoms with Gasteiger partial charge in [0.25, 0.3) is 0 Å². The van der Waals surface area contributed by atoms with E-state index in [4.69, 9.17) is 9.47 Å². The Morgan fingerprint density at radius 3 is 2.26 bits per heavy atom. The van der Waals surface area contributed by atoms with Crippen LogP contribution < -0.4 is 5.32 Å².